The molecule has 0 unspecified atom stereocenters. The number of hydrogen-bond acceptors (Lipinski definition) is 6. The van der Waals surface area contributed by atoms with Crippen LogP contribution in [0.5, 0.6) is 0 Å². The van der Waals surface area contributed by atoms with Crippen LogP contribution in [0.4, 0.5) is 0 Å². The first kappa shape index (κ1) is 22.7. The van der Waals surface area contributed by atoms with Crippen LogP contribution >= 0.6 is 0 Å². The quantitative estimate of drug-likeness (QED) is 0.431. The van der Waals surface area contributed by atoms with Gasteiger partial charge in [0.25, 0.3) is 0 Å². The minimum Gasteiger partial charge on any atom is -0.465 e. The molecule has 3 heterocycles. The summed E-state index contributed by atoms with van der Waals surface area (Å²) < 4.78 is 5.00. The van der Waals surface area contributed by atoms with Crippen molar-refractivity contribution >= 4 is 11.9 Å². The lowest BCUT2D eigenvalue weighted by Crippen LogP contribution is -2.50. The summed E-state index contributed by atoms with van der Waals surface area (Å²) in [6, 6.07) is 4.71. The molecule has 2 saturated heterocycles. The smallest absolute Gasteiger partial charge is 0.320 e. The lowest BCUT2D eigenvalue weighted by molar-refractivity contribution is -0.145. The molecule has 0 radical (unpaired) electrons. The van der Waals surface area contributed by atoms with Crippen LogP contribution in [0, 0.1) is 0 Å². The van der Waals surface area contributed by atoms with E-state index in [0.717, 1.165) is 45.4 Å². The van der Waals surface area contributed by atoms with Crippen LogP contribution in [0.15, 0.2) is 24.5 Å². The Morgan fingerprint density at radius 1 is 1.13 bits per heavy atom. The van der Waals surface area contributed by atoms with Gasteiger partial charge in [0, 0.05) is 51.0 Å². The van der Waals surface area contributed by atoms with E-state index in [2.05, 4.69) is 20.9 Å². The van der Waals surface area contributed by atoms with Gasteiger partial charge in [-0.25, -0.2) is 0 Å². The molecule has 0 spiro atoms. The van der Waals surface area contributed by atoms with Crippen LogP contribution in [0.3, 0.4) is 0 Å². The van der Waals surface area contributed by atoms with Gasteiger partial charge >= 0.3 is 5.97 Å². The first-order valence-corrected chi connectivity index (χ1v) is 11.5. The summed E-state index contributed by atoms with van der Waals surface area (Å²) in [7, 11) is 0. The average molecular weight is 417 g/mol. The number of ether oxygens (including phenoxy) is 1. The van der Waals surface area contributed by atoms with Crippen LogP contribution < -0.4 is 0 Å². The van der Waals surface area contributed by atoms with E-state index in [1.54, 1.807) is 0 Å². The van der Waals surface area contributed by atoms with Crippen molar-refractivity contribution in [3.05, 3.63) is 30.1 Å². The van der Waals surface area contributed by atoms with Gasteiger partial charge in [0.05, 0.1) is 13.2 Å². The maximum atomic E-state index is 12.5. The number of hydrogen-bond donors (Lipinski definition) is 0. The monoisotopic (exact) mass is 416 g/mol. The third kappa shape index (κ3) is 6.77. The van der Waals surface area contributed by atoms with Gasteiger partial charge in [-0.1, -0.05) is 12.5 Å². The van der Waals surface area contributed by atoms with Gasteiger partial charge in [-0.15, -0.1) is 0 Å². The first-order valence-electron chi connectivity index (χ1n) is 11.5. The summed E-state index contributed by atoms with van der Waals surface area (Å²) in [5.74, 6) is 0.0706. The molecular formula is C23H36N4O3. The number of unbranched alkanes of at least 4 members (excludes halogenated alkanes) is 2. The highest BCUT2D eigenvalue weighted by Gasteiger charge is 2.25. The van der Waals surface area contributed by atoms with Crippen LogP contribution in [0.2, 0.25) is 0 Å². The first-order chi connectivity index (χ1) is 14.7. The molecular weight excluding hydrogens is 380 g/mol. The summed E-state index contributed by atoms with van der Waals surface area (Å²) in [5, 5.41) is 0. The van der Waals surface area contributed by atoms with Gasteiger partial charge in [0.2, 0.25) is 5.91 Å². The molecule has 0 aromatic carbocycles. The van der Waals surface area contributed by atoms with E-state index in [0.29, 0.717) is 38.7 Å². The molecule has 7 nitrogen and oxygen atoms in total. The molecule has 1 atom stereocenters. The number of carbonyl (C=O) groups is 2. The fourth-order valence-electron chi connectivity index (χ4n) is 4.51. The average Bonchev–Trinajstić information content (AvgIpc) is 3.23. The van der Waals surface area contributed by atoms with Crippen LogP contribution in [0.1, 0.15) is 57.1 Å². The Morgan fingerprint density at radius 2 is 1.97 bits per heavy atom. The summed E-state index contributed by atoms with van der Waals surface area (Å²) >= 11 is 0. The molecule has 30 heavy (non-hydrogen) atoms. The number of aromatic nitrogens is 1. The minimum absolute atomic E-state index is 0.180. The third-order valence-corrected chi connectivity index (χ3v) is 6.15. The Balaban J connectivity index is 1.28. The lowest BCUT2D eigenvalue weighted by atomic mass is 10.1. The Morgan fingerprint density at radius 3 is 2.70 bits per heavy atom. The minimum atomic E-state index is -0.180. The predicted molar refractivity (Wildman–Crippen MR) is 116 cm³/mol. The Kier molecular flexibility index (Phi) is 9.08. The fourth-order valence-corrected chi connectivity index (χ4v) is 4.51. The number of nitrogens with zero attached hydrogens (tertiary/aromatic N) is 4. The zero-order valence-electron chi connectivity index (χ0n) is 18.3. The van der Waals surface area contributed by atoms with Crippen LogP contribution in [-0.2, 0) is 14.3 Å². The SMILES string of the molecule is CCOC(=O)CN1CCN(C(=O)CCCCCN2CCC[C@H]2c2cccnc2)CC1. The number of esters is 1. The molecule has 3 rings (SSSR count). The number of likely N-dealkylation sites (tertiary alicyclic amines) is 1. The summed E-state index contributed by atoms with van der Waals surface area (Å²) in [6.07, 6.45) is 10.1. The van der Waals surface area contributed by atoms with Gasteiger partial charge in [-0.2, -0.15) is 0 Å². The zero-order valence-corrected chi connectivity index (χ0v) is 18.3. The van der Waals surface area contributed by atoms with Crippen LogP contribution in [-0.4, -0.2) is 84.0 Å². The maximum Gasteiger partial charge on any atom is 0.320 e. The standard InChI is InChI=1S/C23H36N4O3/c1-2-30-23(29)19-25-14-16-27(17-15-25)22(28)10-4-3-5-12-26-13-7-9-21(26)20-8-6-11-24-18-20/h6,8,11,18,21H,2-5,7,9-10,12-17,19H2,1H3/t21-/m0/s1. The molecule has 0 saturated carbocycles. The maximum absolute atomic E-state index is 12.5. The summed E-state index contributed by atoms with van der Waals surface area (Å²) in [5.41, 5.74) is 1.33. The van der Waals surface area contributed by atoms with Crippen molar-refractivity contribution in [1.29, 1.82) is 0 Å². The largest absolute Gasteiger partial charge is 0.465 e. The molecule has 2 aliphatic rings. The van der Waals surface area contributed by atoms with E-state index < -0.39 is 0 Å². The van der Waals surface area contributed by atoms with Crippen molar-refractivity contribution < 1.29 is 14.3 Å². The molecule has 1 amide bonds. The number of pyridine rings is 1. The zero-order chi connectivity index (χ0) is 21.2. The molecule has 2 aliphatic heterocycles. The number of rotatable bonds is 10. The number of amides is 1. The molecule has 7 heteroatoms. The Hall–Kier alpha value is -1.99. The molecule has 166 valence electrons. The molecule has 2 fully saturated rings. The second-order valence-corrected chi connectivity index (χ2v) is 8.25. The molecule has 0 aliphatic carbocycles. The van der Waals surface area contributed by atoms with Gasteiger partial charge in [0.1, 0.15) is 0 Å². The van der Waals surface area contributed by atoms with E-state index in [9.17, 15) is 9.59 Å². The van der Waals surface area contributed by atoms with Gasteiger partial charge in [0.15, 0.2) is 0 Å². The van der Waals surface area contributed by atoms with Crippen molar-refractivity contribution in [3.63, 3.8) is 0 Å². The van der Waals surface area contributed by atoms with Gasteiger partial charge in [-0.3, -0.25) is 24.4 Å². The van der Waals surface area contributed by atoms with Crippen molar-refractivity contribution in [2.24, 2.45) is 0 Å². The van der Waals surface area contributed by atoms with Crippen LogP contribution in [0.25, 0.3) is 0 Å². The highest BCUT2D eigenvalue weighted by molar-refractivity contribution is 5.76. The third-order valence-electron chi connectivity index (χ3n) is 6.15. The topological polar surface area (TPSA) is 66.0 Å². The van der Waals surface area contributed by atoms with Gasteiger partial charge < -0.3 is 9.64 Å². The summed E-state index contributed by atoms with van der Waals surface area (Å²) in [4.78, 5) is 34.9. The Bertz CT molecular complexity index is 662. The van der Waals surface area contributed by atoms with Crippen molar-refractivity contribution in [2.45, 2.75) is 51.5 Å². The van der Waals surface area contributed by atoms with E-state index >= 15 is 0 Å². The number of carbonyl (C=O) groups excluding carboxylic acids is 2. The van der Waals surface area contributed by atoms with E-state index in [4.69, 9.17) is 4.74 Å². The summed E-state index contributed by atoms with van der Waals surface area (Å²) in [6.45, 7) is 7.72. The second kappa shape index (κ2) is 12.0. The van der Waals surface area contributed by atoms with Crippen molar-refractivity contribution in [3.8, 4) is 0 Å². The molecule has 1 aromatic rings. The van der Waals surface area contributed by atoms with Crippen molar-refractivity contribution in [2.75, 3.05) is 52.4 Å². The second-order valence-electron chi connectivity index (χ2n) is 8.25. The van der Waals surface area contributed by atoms with E-state index in [1.165, 1.54) is 18.4 Å². The number of piperazine rings is 1. The molecule has 1 aromatic heterocycles. The van der Waals surface area contributed by atoms with Crippen molar-refractivity contribution in [1.82, 2.24) is 19.7 Å². The predicted octanol–water partition coefficient (Wildman–Crippen LogP) is 2.49. The fraction of sp³-hybridized carbons (Fsp3) is 0.696. The normalized spacial score (nSPS) is 20.4. The Labute approximate surface area is 180 Å². The van der Waals surface area contributed by atoms with Gasteiger partial charge in [-0.05, 0) is 57.3 Å². The van der Waals surface area contributed by atoms with E-state index in [1.807, 2.05) is 30.3 Å². The van der Waals surface area contributed by atoms with E-state index in [-0.39, 0.29) is 11.9 Å². The highest BCUT2D eigenvalue weighted by Crippen LogP contribution is 2.31. The highest BCUT2D eigenvalue weighted by atomic mass is 16.5. The lowest BCUT2D eigenvalue weighted by Gasteiger charge is -2.34. The molecule has 0 bridgehead atoms. The molecule has 0 N–H and O–H groups in total.